The van der Waals surface area contributed by atoms with Gasteiger partial charge in [0, 0.05) is 0 Å². The zero-order valence-electron chi connectivity index (χ0n) is 5.02. The molecule has 0 saturated carbocycles. The molecule has 0 atom stereocenters. The van der Waals surface area contributed by atoms with E-state index in [4.69, 9.17) is 0 Å². The summed E-state index contributed by atoms with van der Waals surface area (Å²) in [5, 5.41) is 0. The van der Waals surface area contributed by atoms with E-state index in [0.29, 0.717) is 0 Å². The molecule has 1 aliphatic heterocycles. The molecule has 1 fully saturated rings. The highest BCUT2D eigenvalue weighted by Crippen LogP contribution is 1.87. The van der Waals surface area contributed by atoms with Crippen molar-refractivity contribution in [2.24, 2.45) is 0 Å². The van der Waals surface area contributed by atoms with Crippen LogP contribution in [-0.4, -0.2) is 45.7 Å². The topological polar surface area (TPSA) is 6.48 Å². The molecule has 0 unspecified atom stereocenters. The Labute approximate surface area is 46.7 Å². The smallest absolute Gasteiger partial charge is 0.267 e. The molecule has 1 aliphatic rings. The van der Waals surface area contributed by atoms with Crippen molar-refractivity contribution in [3.63, 3.8) is 0 Å². The van der Waals surface area contributed by atoms with Gasteiger partial charge < -0.3 is 9.44 Å². The molecule has 0 aromatic heterocycles. The normalized spacial score (nSPS) is 23.1. The summed E-state index contributed by atoms with van der Waals surface area (Å²) in [6, 6.07) is 0. The van der Waals surface area contributed by atoms with Gasteiger partial charge >= 0.3 is 0 Å². The molecule has 0 aliphatic carbocycles. The highest BCUT2D eigenvalue weighted by Gasteiger charge is 2.16. The van der Waals surface area contributed by atoms with E-state index in [0.717, 1.165) is 7.55 Å². The SMILES string of the molecule is CN1BBN(C)B1. The predicted molar refractivity (Wildman–Crippen MR) is 37.0 cm³/mol. The highest BCUT2D eigenvalue weighted by molar-refractivity contribution is 7.05. The van der Waals surface area contributed by atoms with Crippen LogP contribution in [0.1, 0.15) is 0 Å². The van der Waals surface area contributed by atoms with Gasteiger partial charge in [-0.15, -0.1) is 0 Å². The summed E-state index contributed by atoms with van der Waals surface area (Å²) in [5.74, 6) is 0. The van der Waals surface area contributed by atoms with Crippen LogP contribution in [0.5, 0.6) is 0 Å². The van der Waals surface area contributed by atoms with Gasteiger partial charge in [0.05, 0.1) is 0 Å². The van der Waals surface area contributed by atoms with Gasteiger partial charge in [-0.25, -0.2) is 0 Å². The first kappa shape index (κ1) is 5.26. The van der Waals surface area contributed by atoms with Crippen LogP contribution in [0.15, 0.2) is 0 Å². The lowest BCUT2D eigenvalue weighted by atomic mass is 9.56. The van der Waals surface area contributed by atoms with Gasteiger partial charge in [0.15, 0.2) is 14.6 Å². The van der Waals surface area contributed by atoms with Crippen LogP contribution >= 0.6 is 0 Å². The van der Waals surface area contributed by atoms with Crippen molar-refractivity contribution in [1.29, 1.82) is 0 Å². The molecule has 0 radical (unpaired) electrons. The van der Waals surface area contributed by atoms with Crippen LogP contribution in [0, 0.1) is 0 Å². The Morgan fingerprint density at radius 1 is 1.00 bits per heavy atom. The molecule has 0 aromatic rings. The van der Waals surface area contributed by atoms with Gasteiger partial charge in [-0.05, 0) is 14.1 Å². The minimum absolute atomic E-state index is 1.14. The highest BCUT2D eigenvalue weighted by atomic mass is 15.1. The monoisotopic (exact) mass is 94.1 g/mol. The van der Waals surface area contributed by atoms with Crippen molar-refractivity contribution in [1.82, 2.24) is 9.44 Å². The second-order valence-corrected chi connectivity index (χ2v) is 2.30. The summed E-state index contributed by atoms with van der Waals surface area (Å²) in [7, 11) is 7.89. The van der Waals surface area contributed by atoms with E-state index >= 15 is 0 Å². The molecule has 0 N–H and O–H groups in total. The fourth-order valence-corrected chi connectivity index (χ4v) is 0.895. The summed E-state index contributed by atoms with van der Waals surface area (Å²) >= 11 is 0. The molecule has 36 valence electrons. The Hall–Kier alpha value is 0.115. The van der Waals surface area contributed by atoms with E-state index in [1.807, 2.05) is 0 Å². The maximum Gasteiger partial charge on any atom is 0.267 e. The average molecular weight is 93.5 g/mol. The first-order valence-electron chi connectivity index (χ1n) is 2.66. The Balaban J connectivity index is 2.26. The van der Waals surface area contributed by atoms with Gasteiger partial charge in [0.1, 0.15) is 0 Å². The van der Waals surface area contributed by atoms with E-state index in [1.165, 1.54) is 14.6 Å². The van der Waals surface area contributed by atoms with Gasteiger partial charge in [-0.2, -0.15) is 0 Å². The summed E-state index contributed by atoms with van der Waals surface area (Å²) in [4.78, 5) is 0. The Bertz CT molecular complexity index is 60.0. The molecule has 1 saturated heterocycles. The van der Waals surface area contributed by atoms with Gasteiger partial charge in [-0.1, -0.05) is 0 Å². The standard InChI is InChI=1S/C2H9B3N2/c1-6-3-4-7(2)5-6/h3-5H,1-2H3. The number of hydrogen-bond donors (Lipinski definition) is 0. The van der Waals surface area contributed by atoms with E-state index in [-0.39, 0.29) is 0 Å². The average Bonchev–Trinajstić information content (AvgIpc) is 1.87. The quantitative estimate of drug-likeness (QED) is 0.312. The molecule has 1 rings (SSSR count). The molecule has 0 bridgehead atoms. The van der Waals surface area contributed by atoms with E-state index in [2.05, 4.69) is 23.5 Å². The zero-order chi connectivity index (χ0) is 5.28. The van der Waals surface area contributed by atoms with Crippen molar-refractivity contribution >= 4 is 22.2 Å². The van der Waals surface area contributed by atoms with E-state index in [9.17, 15) is 0 Å². The third-order valence-corrected chi connectivity index (χ3v) is 1.35. The second kappa shape index (κ2) is 1.93. The molecule has 1 heterocycles. The molecule has 5 heteroatoms. The van der Waals surface area contributed by atoms with Crippen molar-refractivity contribution in [3.05, 3.63) is 0 Å². The largest absolute Gasteiger partial charge is 0.384 e. The number of nitrogens with zero attached hydrogens (tertiary/aromatic N) is 2. The molecule has 0 spiro atoms. The van der Waals surface area contributed by atoms with E-state index in [1.54, 1.807) is 0 Å². The Morgan fingerprint density at radius 2 is 1.43 bits per heavy atom. The fourth-order valence-electron chi connectivity index (χ4n) is 0.895. The maximum absolute atomic E-state index is 2.31. The first-order chi connectivity index (χ1) is 3.29. The fraction of sp³-hybridized carbons (Fsp3) is 1.00. The Morgan fingerprint density at radius 3 is 1.57 bits per heavy atom. The summed E-state index contributed by atoms with van der Waals surface area (Å²) < 4.78 is 4.61. The number of hydrogen-bond acceptors (Lipinski definition) is 2. The number of rotatable bonds is 0. The van der Waals surface area contributed by atoms with Crippen LogP contribution in [0.4, 0.5) is 0 Å². The third-order valence-electron chi connectivity index (χ3n) is 1.35. The lowest BCUT2D eigenvalue weighted by Gasteiger charge is -2.05. The van der Waals surface area contributed by atoms with Crippen LogP contribution in [0.25, 0.3) is 0 Å². The van der Waals surface area contributed by atoms with Crippen LogP contribution in [0.3, 0.4) is 0 Å². The van der Waals surface area contributed by atoms with Crippen LogP contribution in [0.2, 0.25) is 0 Å². The van der Waals surface area contributed by atoms with Crippen LogP contribution in [-0.2, 0) is 0 Å². The molecule has 0 aromatic carbocycles. The molecular weight excluding hydrogens is 84.5 g/mol. The van der Waals surface area contributed by atoms with Gasteiger partial charge in [0.25, 0.3) is 7.55 Å². The molecule has 0 amide bonds. The molecule has 2 nitrogen and oxygen atoms in total. The van der Waals surface area contributed by atoms with Crippen molar-refractivity contribution in [2.75, 3.05) is 14.1 Å². The van der Waals surface area contributed by atoms with Gasteiger partial charge in [-0.3, -0.25) is 0 Å². The lowest BCUT2D eigenvalue weighted by molar-refractivity contribution is 0.768. The molecular formula is C2H9B3N2. The van der Waals surface area contributed by atoms with Gasteiger partial charge in [0.2, 0.25) is 0 Å². The second-order valence-electron chi connectivity index (χ2n) is 2.30. The summed E-state index contributed by atoms with van der Waals surface area (Å²) in [5.41, 5.74) is 0. The first-order valence-corrected chi connectivity index (χ1v) is 2.66. The maximum atomic E-state index is 2.31. The predicted octanol–water partition coefficient (Wildman–Crippen LogP) is -2.25. The Kier molecular flexibility index (Phi) is 1.45. The van der Waals surface area contributed by atoms with Crippen molar-refractivity contribution in [2.45, 2.75) is 0 Å². The van der Waals surface area contributed by atoms with Crippen LogP contribution < -0.4 is 0 Å². The minimum Gasteiger partial charge on any atom is -0.384 e. The lowest BCUT2D eigenvalue weighted by Crippen LogP contribution is -2.24. The van der Waals surface area contributed by atoms with E-state index < -0.39 is 0 Å². The minimum atomic E-state index is 1.14. The zero-order valence-corrected chi connectivity index (χ0v) is 5.02. The van der Waals surface area contributed by atoms with Crippen molar-refractivity contribution < 1.29 is 0 Å². The summed E-state index contributed by atoms with van der Waals surface area (Å²) in [6.07, 6.45) is 0. The summed E-state index contributed by atoms with van der Waals surface area (Å²) in [6.45, 7) is 0. The third kappa shape index (κ3) is 1.25. The molecule has 7 heavy (non-hydrogen) atoms. The van der Waals surface area contributed by atoms with Crippen molar-refractivity contribution in [3.8, 4) is 0 Å².